The topological polar surface area (TPSA) is 32.8 Å². The Morgan fingerprint density at radius 1 is 1.03 bits per heavy atom. The summed E-state index contributed by atoms with van der Waals surface area (Å²) in [7, 11) is 3.56. The molecule has 152 valence electrons. The molecule has 0 bridgehead atoms. The molecule has 1 unspecified atom stereocenters. The number of hydrogen-bond acceptors (Lipinski definition) is 3. The molecule has 1 fully saturated rings. The third-order valence-electron chi connectivity index (χ3n) is 7.54. The number of para-hydroxylation sites is 1. The molecule has 1 amide bonds. The van der Waals surface area contributed by atoms with E-state index in [0.29, 0.717) is 5.41 Å². The Labute approximate surface area is 173 Å². The van der Waals surface area contributed by atoms with Gasteiger partial charge in [0, 0.05) is 13.6 Å². The van der Waals surface area contributed by atoms with Crippen molar-refractivity contribution in [2.45, 2.75) is 37.5 Å². The van der Waals surface area contributed by atoms with Gasteiger partial charge in [-0.05, 0) is 73.4 Å². The molecular weight excluding hydrogens is 360 g/mol. The molecule has 3 aliphatic rings. The van der Waals surface area contributed by atoms with Crippen LogP contribution in [-0.4, -0.2) is 44.6 Å². The van der Waals surface area contributed by atoms with Crippen LogP contribution in [0.25, 0.3) is 0 Å². The standard InChI is InChI=1S/C25H30N2O2/c1-26-23-19(7-5-9-22(23)29-2)16-20(24(26)28)17-27-14-12-25(13-15-27)11-10-18-6-3-4-8-21(18)25/h3-9,20H,10-17H2,1-2H3. The van der Waals surface area contributed by atoms with Crippen LogP contribution in [0.5, 0.6) is 5.75 Å². The van der Waals surface area contributed by atoms with E-state index in [4.69, 9.17) is 4.74 Å². The molecule has 4 heteroatoms. The van der Waals surface area contributed by atoms with Gasteiger partial charge in [0.05, 0.1) is 18.7 Å². The lowest BCUT2D eigenvalue weighted by Gasteiger charge is -2.42. The molecule has 0 N–H and O–H groups in total. The van der Waals surface area contributed by atoms with Gasteiger partial charge in [-0.15, -0.1) is 0 Å². The van der Waals surface area contributed by atoms with Crippen LogP contribution < -0.4 is 9.64 Å². The summed E-state index contributed by atoms with van der Waals surface area (Å²) in [6.45, 7) is 3.04. The Morgan fingerprint density at radius 2 is 1.79 bits per heavy atom. The zero-order valence-electron chi connectivity index (χ0n) is 17.5. The summed E-state index contributed by atoms with van der Waals surface area (Å²) in [4.78, 5) is 17.4. The summed E-state index contributed by atoms with van der Waals surface area (Å²) in [6.07, 6.45) is 5.75. The summed E-state index contributed by atoms with van der Waals surface area (Å²) >= 11 is 0. The number of anilines is 1. The van der Waals surface area contributed by atoms with E-state index in [2.05, 4.69) is 35.2 Å². The zero-order chi connectivity index (χ0) is 20.0. The van der Waals surface area contributed by atoms with E-state index < -0.39 is 0 Å². The number of aryl methyl sites for hydroxylation is 1. The number of amides is 1. The Hall–Kier alpha value is -2.33. The van der Waals surface area contributed by atoms with E-state index >= 15 is 0 Å². The molecule has 0 radical (unpaired) electrons. The van der Waals surface area contributed by atoms with Crippen molar-refractivity contribution < 1.29 is 9.53 Å². The average molecular weight is 391 g/mol. The number of benzene rings is 2. The summed E-state index contributed by atoms with van der Waals surface area (Å²) in [6, 6.07) is 15.1. The van der Waals surface area contributed by atoms with Gasteiger partial charge < -0.3 is 14.5 Å². The van der Waals surface area contributed by atoms with Crippen molar-refractivity contribution in [2.75, 3.05) is 38.7 Å². The minimum atomic E-state index is 0.0320. The first kappa shape index (κ1) is 18.7. The number of hydrogen-bond donors (Lipinski definition) is 0. The second-order valence-corrected chi connectivity index (χ2v) is 9.00. The highest BCUT2D eigenvalue weighted by Gasteiger charge is 2.42. The number of nitrogens with zero attached hydrogens (tertiary/aromatic N) is 2. The fraction of sp³-hybridized carbons (Fsp3) is 0.480. The second kappa shape index (κ2) is 7.17. The molecule has 1 aliphatic carbocycles. The number of fused-ring (bicyclic) bond motifs is 3. The third-order valence-corrected chi connectivity index (χ3v) is 7.54. The van der Waals surface area contributed by atoms with E-state index in [1.165, 1.54) is 31.2 Å². The molecule has 2 heterocycles. The van der Waals surface area contributed by atoms with Crippen LogP contribution in [0.3, 0.4) is 0 Å². The van der Waals surface area contributed by atoms with Gasteiger partial charge in [-0.3, -0.25) is 4.79 Å². The summed E-state index contributed by atoms with van der Waals surface area (Å²) < 4.78 is 5.49. The van der Waals surface area contributed by atoms with Crippen molar-refractivity contribution in [3.63, 3.8) is 0 Å². The lowest BCUT2D eigenvalue weighted by Crippen LogP contribution is -2.48. The molecular formula is C25H30N2O2. The van der Waals surface area contributed by atoms with Gasteiger partial charge in [0.1, 0.15) is 5.75 Å². The summed E-state index contributed by atoms with van der Waals surface area (Å²) in [5.41, 5.74) is 5.68. The minimum Gasteiger partial charge on any atom is -0.495 e. The van der Waals surface area contributed by atoms with Crippen molar-refractivity contribution in [3.8, 4) is 5.75 Å². The minimum absolute atomic E-state index is 0.0320. The predicted molar refractivity (Wildman–Crippen MR) is 116 cm³/mol. The number of rotatable bonds is 3. The molecule has 0 saturated carbocycles. The van der Waals surface area contributed by atoms with Crippen molar-refractivity contribution in [1.29, 1.82) is 0 Å². The van der Waals surface area contributed by atoms with Crippen molar-refractivity contribution >= 4 is 11.6 Å². The third kappa shape index (κ3) is 3.05. The Balaban J connectivity index is 1.28. The maximum Gasteiger partial charge on any atom is 0.231 e. The van der Waals surface area contributed by atoms with E-state index in [0.717, 1.165) is 37.5 Å². The van der Waals surface area contributed by atoms with Gasteiger partial charge in [0.15, 0.2) is 0 Å². The number of piperidine rings is 1. The maximum atomic E-state index is 13.1. The fourth-order valence-corrected chi connectivity index (χ4v) is 5.92. The first-order valence-corrected chi connectivity index (χ1v) is 10.9. The quantitative estimate of drug-likeness (QED) is 0.799. The highest BCUT2D eigenvalue weighted by molar-refractivity contribution is 5.99. The van der Waals surface area contributed by atoms with Crippen LogP contribution >= 0.6 is 0 Å². The largest absolute Gasteiger partial charge is 0.495 e. The molecule has 2 aliphatic heterocycles. The van der Waals surface area contributed by atoms with Crippen molar-refractivity contribution in [3.05, 3.63) is 59.2 Å². The highest BCUT2D eigenvalue weighted by atomic mass is 16.5. The lowest BCUT2D eigenvalue weighted by atomic mass is 9.73. The molecule has 2 aromatic rings. The van der Waals surface area contributed by atoms with Crippen LogP contribution in [0.2, 0.25) is 0 Å². The van der Waals surface area contributed by atoms with Gasteiger partial charge in [0.25, 0.3) is 0 Å². The lowest BCUT2D eigenvalue weighted by molar-refractivity contribution is -0.123. The molecule has 1 spiro atoms. The van der Waals surface area contributed by atoms with Crippen LogP contribution in [-0.2, 0) is 23.1 Å². The Kier molecular flexibility index (Phi) is 4.62. The molecule has 0 aromatic heterocycles. The van der Waals surface area contributed by atoms with Crippen molar-refractivity contribution in [2.24, 2.45) is 5.92 Å². The normalized spacial score (nSPS) is 23.2. The molecule has 1 atom stereocenters. The van der Waals surface area contributed by atoms with Crippen LogP contribution in [0.4, 0.5) is 5.69 Å². The molecule has 2 aromatic carbocycles. The van der Waals surface area contributed by atoms with Crippen LogP contribution in [0.1, 0.15) is 36.0 Å². The number of likely N-dealkylation sites (tertiary alicyclic amines) is 1. The fourth-order valence-electron chi connectivity index (χ4n) is 5.92. The van der Waals surface area contributed by atoms with Gasteiger partial charge >= 0.3 is 0 Å². The monoisotopic (exact) mass is 390 g/mol. The van der Waals surface area contributed by atoms with Gasteiger partial charge in [0.2, 0.25) is 5.91 Å². The number of ether oxygens (including phenoxy) is 1. The van der Waals surface area contributed by atoms with E-state index in [1.807, 2.05) is 19.2 Å². The molecule has 5 rings (SSSR count). The van der Waals surface area contributed by atoms with Gasteiger partial charge in [-0.1, -0.05) is 36.4 Å². The SMILES string of the molecule is COc1cccc2c1N(C)C(=O)C(CN1CCC3(CCc4ccccc43)CC1)C2. The first-order chi connectivity index (χ1) is 14.1. The summed E-state index contributed by atoms with van der Waals surface area (Å²) in [5, 5.41) is 0. The molecule has 29 heavy (non-hydrogen) atoms. The smallest absolute Gasteiger partial charge is 0.231 e. The average Bonchev–Trinajstić information content (AvgIpc) is 3.11. The zero-order valence-corrected chi connectivity index (χ0v) is 17.5. The van der Waals surface area contributed by atoms with Crippen molar-refractivity contribution in [1.82, 2.24) is 4.90 Å². The number of carbonyl (C=O) groups is 1. The number of methoxy groups -OCH3 is 1. The highest BCUT2D eigenvalue weighted by Crippen LogP contribution is 2.46. The van der Waals surface area contributed by atoms with Crippen LogP contribution in [0.15, 0.2) is 42.5 Å². The number of carbonyl (C=O) groups excluding carboxylic acids is 1. The maximum absolute atomic E-state index is 13.1. The molecule has 4 nitrogen and oxygen atoms in total. The first-order valence-electron chi connectivity index (χ1n) is 10.9. The Morgan fingerprint density at radius 3 is 2.59 bits per heavy atom. The predicted octanol–water partition coefficient (Wildman–Crippen LogP) is 3.81. The van der Waals surface area contributed by atoms with Gasteiger partial charge in [-0.25, -0.2) is 0 Å². The second-order valence-electron chi connectivity index (χ2n) is 9.00. The van der Waals surface area contributed by atoms with E-state index in [1.54, 1.807) is 23.1 Å². The van der Waals surface area contributed by atoms with Gasteiger partial charge in [-0.2, -0.15) is 0 Å². The molecule has 1 saturated heterocycles. The Bertz CT molecular complexity index is 930. The van der Waals surface area contributed by atoms with E-state index in [9.17, 15) is 4.79 Å². The van der Waals surface area contributed by atoms with Crippen LogP contribution in [0, 0.1) is 5.92 Å². The summed E-state index contributed by atoms with van der Waals surface area (Å²) in [5.74, 6) is 1.04. The van der Waals surface area contributed by atoms with E-state index in [-0.39, 0.29) is 11.8 Å².